The number of aliphatic carboxylic acids is 1. The van der Waals surface area contributed by atoms with E-state index in [9.17, 15) is 4.79 Å². The van der Waals surface area contributed by atoms with Crippen molar-refractivity contribution in [1.82, 2.24) is 5.32 Å². The van der Waals surface area contributed by atoms with E-state index in [-0.39, 0.29) is 6.10 Å². The van der Waals surface area contributed by atoms with Crippen LogP contribution in [0.1, 0.15) is 6.92 Å². The lowest BCUT2D eigenvalue weighted by atomic mass is 10.1. The fourth-order valence-electron chi connectivity index (χ4n) is 1.01. The Kier molecular flexibility index (Phi) is 2.24. The van der Waals surface area contributed by atoms with Crippen LogP contribution in [0.5, 0.6) is 0 Å². The van der Waals surface area contributed by atoms with Crippen molar-refractivity contribution in [2.45, 2.75) is 19.1 Å². The molecule has 0 saturated carbocycles. The molecule has 1 aliphatic heterocycles. The number of hydrogen-bond acceptors (Lipinski definition) is 3. The second-order valence-corrected chi connectivity index (χ2v) is 2.35. The molecule has 0 aliphatic carbocycles. The third-order valence-corrected chi connectivity index (χ3v) is 1.58. The summed E-state index contributed by atoms with van der Waals surface area (Å²) in [5.41, 5.74) is 0. The van der Waals surface area contributed by atoms with Crippen LogP contribution in [0.3, 0.4) is 0 Å². The lowest BCUT2D eigenvalue weighted by Crippen LogP contribution is -2.51. The monoisotopic (exact) mass is 145 g/mol. The molecule has 1 saturated heterocycles. The molecule has 58 valence electrons. The molecule has 4 heteroatoms. The summed E-state index contributed by atoms with van der Waals surface area (Å²) in [6, 6.07) is -0.534. The fourth-order valence-corrected chi connectivity index (χ4v) is 1.01. The molecule has 0 spiro atoms. The highest BCUT2D eigenvalue weighted by atomic mass is 16.5. The molecule has 2 atom stereocenters. The van der Waals surface area contributed by atoms with Crippen molar-refractivity contribution in [3.63, 3.8) is 0 Å². The first-order chi connectivity index (χ1) is 4.72. The summed E-state index contributed by atoms with van der Waals surface area (Å²) in [7, 11) is 0. The molecule has 2 N–H and O–H groups in total. The van der Waals surface area contributed by atoms with Crippen LogP contribution in [0.15, 0.2) is 0 Å². The maximum absolute atomic E-state index is 10.4. The number of rotatable bonds is 1. The highest BCUT2D eigenvalue weighted by Crippen LogP contribution is 2.02. The molecule has 10 heavy (non-hydrogen) atoms. The van der Waals surface area contributed by atoms with Crippen molar-refractivity contribution < 1.29 is 14.6 Å². The van der Waals surface area contributed by atoms with Gasteiger partial charge in [0, 0.05) is 6.54 Å². The molecule has 0 radical (unpaired) electrons. The SMILES string of the molecule is CC1OCCNC1C(=O)O. The van der Waals surface area contributed by atoms with Crippen molar-refractivity contribution in [2.24, 2.45) is 0 Å². The summed E-state index contributed by atoms with van der Waals surface area (Å²) in [6.45, 7) is 2.98. The first-order valence-electron chi connectivity index (χ1n) is 3.29. The molecule has 0 aromatic carbocycles. The van der Waals surface area contributed by atoms with Crippen LogP contribution < -0.4 is 5.32 Å². The second kappa shape index (κ2) is 2.98. The smallest absolute Gasteiger partial charge is 0.323 e. The summed E-state index contributed by atoms with van der Waals surface area (Å²) in [5, 5.41) is 11.4. The summed E-state index contributed by atoms with van der Waals surface area (Å²) in [5.74, 6) is -0.841. The molecule has 1 heterocycles. The predicted molar refractivity (Wildman–Crippen MR) is 34.8 cm³/mol. The molecule has 0 aromatic heterocycles. The fraction of sp³-hybridized carbons (Fsp3) is 0.833. The minimum absolute atomic E-state index is 0.216. The van der Waals surface area contributed by atoms with Gasteiger partial charge in [0.2, 0.25) is 0 Å². The van der Waals surface area contributed by atoms with Gasteiger partial charge in [-0.1, -0.05) is 0 Å². The van der Waals surface area contributed by atoms with Gasteiger partial charge in [0.1, 0.15) is 6.04 Å². The lowest BCUT2D eigenvalue weighted by Gasteiger charge is -2.26. The van der Waals surface area contributed by atoms with Gasteiger partial charge >= 0.3 is 5.97 Å². The van der Waals surface area contributed by atoms with Gasteiger partial charge in [-0.15, -0.1) is 0 Å². The van der Waals surface area contributed by atoms with Gasteiger partial charge in [-0.25, -0.2) is 0 Å². The van der Waals surface area contributed by atoms with E-state index in [2.05, 4.69) is 5.32 Å². The summed E-state index contributed by atoms with van der Waals surface area (Å²) < 4.78 is 5.11. The summed E-state index contributed by atoms with van der Waals surface area (Å²) in [6.07, 6.45) is -0.216. The quantitative estimate of drug-likeness (QED) is 0.519. The number of carbonyl (C=O) groups is 1. The van der Waals surface area contributed by atoms with Crippen LogP contribution in [0, 0.1) is 0 Å². The number of carboxylic acids is 1. The first kappa shape index (κ1) is 7.50. The van der Waals surface area contributed by atoms with Crippen molar-refractivity contribution in [3.05, 3.63) is 0 Å². The summed E-state index contributed by atoms with van der Waals surface area (Å²) in [4.78, 5) is 10.4. The minimum atomic E-state index is -0.841. The van der Waals surface area contributed by atoms with E-state index in [1.807, 2.05) is 0 Å². The first-order valence-corrected chi connectivity index (χ1v) is 3.29. The van der Waals surface area contributed by atoms with Crippen molar-refractivity contribution in [1.29, 1.82) is 0 Å². The van der Waals surface area contributed by atoms with Crippen LogP contribution in [0.2, 0.25) is 0 Å². The van der Waals surface area contributed by atoms with Gasteiger partial charge in [-0.05, 0) is 6.92 Å². The van der Waals surface area contributed by atoms with Crippen LogP contribution in [0.4, 0.5) is 0 Å². The van der Waals surface area contributed by atoms with Crippen molar-refractivity contribution in [2.75, 3.05) is 13.2 Å². The van der Waals surface area contributed by atoms with Crippen LogP contribution in [0.25, 0.3) is 0 Å². The third kappa shape index (κ3) is 1.46. The minimum Gasteiger partial charge on any atom is -0.480 e. The molecule has 0 aromatic rings. The van der Waals surface area contributed by atoms with E-state index >= 15 is 0 Å². The Labute approximate surface area is 59.2 Å². The number of carboxylic acid groups (broad SMARTS) is 1. The largest absolute Gasteiger partial charge is 0.480 e. The molecule has 2 unspecified atom stereocenters. The zero-order valence-electron chi connectivity index (χ0n) is 5.83. The molecular formula is C6H11NO3. The van der Waals surface area contributed by atoms with E-state index in [0.29, 0.717) is 13.2 Å². The molecule has 1 aliphatic rings. The zero-order chi connectivity index (χ0) is 7.56. The molecule has 4 nitrogen and oxygen atoms in total. The Balaban J connectivity index is 2.47. The number of ether oxygens (including phenoxy) is 1. The highest BCUT2D eigenvalue weighted by Gasteiger charge is 2.27. The molecule has 0 bridgehead atoms. The van der Waals surface area contributed by atoms with Gasteiger partial charge in [-0.2, -0.15) is 0 Å². The third-order valence-electron chi connectivity index (χ3n) is 1.58. The Bertz CT molecular complexity index is 137. The molecular weight excluding hydrogens is 134 g/mol. The standard InChI is InChI=1S/C6H11NO3/c1-4-5(6(8)9)7-2-3-10-4/h4-5,7H,2-3H2,1H3,(H,8,9). The summed E-state index contributed by atoms with van der Waals surface area (Å²) >= 11 is 0. The van der Waals surface area contributed by atoms with Crippen molar-refractivity contribution >= 4 is 5.97 Å². The molecule has 0 amide bonds. The van der Waals surface area contributed by atoms with Crippen LogP contribution in [-0.4, -0.2) is 36.4 Å². The maximum atomic E-state index is 10.4. The van der Waals surface area contributed by atoms with Crippen molar-refractivity contribution in [3.8, 4) is 0 Å². The van der Waals surface area contributed by atoms with Crippen LogP contribution in [-0.2, 0) is 9.53 Å². The number of hydrogen-bond donors (Lipinski definition) is 2. The van der Waals surface area contributed by atoms with E-state index in [4.69, 9.17) is 9.84 Å². The maximum Gasteiger partial charge on any atom is 0.323 e. The van der Waals surface area contributed by atoms with Gasteiger partial charge < -0.3 is 9.84 Å². The topological polar surface area (TPSA) is 58.6 Å². The average Bonchev–Trinajstić information content (AvgIpc) is 1.88. The van der Waals surface area contributed by atoms with E-state index in [1.165, 1.54) is 0 Å². The highest BCUT2D eigenvalue weighted by molar-refractivity contribution is 5.74. The van der Waals surface area contributed by atoms with E-state index in [1.54, 1.807) is 6.92 Å². The Hall–Kier alpha value is -0.610. The Morgan fingerprint density at radius 1 is 1.80 bits per heavy atom. The van der Waals surface area contributed by atoms with Gasteiger partial charge in [0.25, 0.3) is 0 Å². The Morgan fingerprint density at radius 2 is 2.50 bits per heavy atom. The van der Waals surface area contributed by atoms with E-state index < -0.39 is 12.0 Å². The Morgan fingerprint density at radius 3 is 2.90 bits per heavy atom. The second-order valence-electron chi connectivity index (χ2n) is 2.35. The zero-order valence-corrected chi connectivity index (χ0v) is 5.83. The lowest BCUT2D eigenvalue weighted by molar-refractivity contribution is -0.145. The van der Waals surface area contributed by atoms with Gasteiger partial charge in [-0.3, -0.25) is 10.1 Å². The normalized spacial score (nSPS) is 33.7. The molecule has 1 rings (SSSR count). The van der Waals surface area contributed by atoms with Gasteiger partial charge in [0.05, 0.1) is 12.7 Å². The number of morpholine rings is 1. The van der Waals surface area contributed by atoms with E-state index in [0.717, 1.165) is 0 Å². The number of nitrogens with one attached hydrogen (secondary N) is 1. The molecule has 1 fully saturated rings. The predicted octanol–water partition coefficient (Wildman–Crippen LogP) is -0.552. The van der Waals surface area contributed by atoms with Gasteiger partial charge in [0.15, 0.2) is 0 Å². The van der Waals surface area contributed by atoms with Crippen LogP contribution >= 0.6 is 0 Å². The average molecular weight is 145 g/mol.